The van der Waals surface area contributed by atoms with Crippen molar-refractivity contribution in [3.63, 3.8) is 0 Å². The molecule has 0 aromatic heterocycles. The van der Waals surface area contributed by atoms with Gasteiger partial charge in [0.05, 0.1) is 5.56 Å². The molecule has 176 valence electrons. The Balaban J connectivity index is 1.80. The molecule has 0 fully saturated rings. The maximum atomic E-state index is 15.2. The molecule has 0 saturated carbocycles. The number of halogens is 8. The summed E-state index contributed by atoms with van der Waals surface area (Å²) in [6, 6.07) is 10.1. The summed E-state index contributed by atoms with van der Waals surface area (Å²) in [7, 11) is 0. The number of fused-ring (bicyclic) bond motifs is 1. The highest BCUT2D eigenvalue weighted by molar-refractivity contribution is 5.89. The van der Waals surface area contributed by atoms with E-state index in [0.29, 0.717) is 5.39 Å². The van der Waals surface area contributed by atoms with Crippen molar-refractivity contribution in [1.82, 2.24) is 0 Å². The maximum absolute atomic E-state index is 15.2. The second-order valence-corrected chi connectivity index (χ2v) is 7.86. The standard InChI is InChI=1S/C26H16F8/c1-2-3-13-4-6-17-14(8-13)5-7-18(25(17)31)15-9-19(27)23(20(28)10-15)16-11-21(29)24(22(30)12-16)26(32,33)34/h4-12H,2-3H2,1H3. The molecule has 0 aliphatic carbocycles. The van der Waals surface area contributed by atoms with Gasteiger partial charge in [0.1, 0.15) is 34.6 Å². The minimum absolute atomic E-state index is 0.107. The molecule has 0 saturated heterocycles. The lowest BCUT2D eigenvalue weighted by molar-refractivity contribution is -0.142. The molecule has 8 heteroatoms. The lowest BCUT2D eigenvalue weighted by Gasteiger charge is -2.14. The molecular weight excluding hydrogens is 464 g/mol. The van der Waals surface area contributed by atoms with Gasteiger partial charge in [-0.3, -0.25) is 0 Å². The molecule has 0 nitrogen and oxygen atoms in total. The second kappa shape index (κ2) is 8.74. The predicted octanol–water partition coefficient (Wildman–Crippen LogP) is 8.84. The summed E-state index contributed by atoms with van der Waals surface area (Å²) in [5, 5.41) is 0.856. The van der Waals surface area contributed by atoms with E-state index in [1.54, 1.807) is 18.2 Å². The number of alkyl halides is 3. The van der Waals surface area contributed by atoms with Crippen LogP contribution in [0.25, 0.3) is 33.0 Å². The van der Waals surface area contributed by atoms with Gasteiger partial charge >= 0.3 is 6.18 Å². The van der Waals surface area contributed by atoms with Crippen molar-refractivity contribution in [2.45, 2.75) is 25.9 Å². The molecule has 34 heavy (non-hydrogen) atoms. The summed E-state index contributed by atoms with van der Waals surface area (Å²) in [4.78, 5) is 0. The van der Waals surface area contributed by atoms with Crippen LogP contribution in [0.15, 0.2) is 54.6 Å². The van der Waals surface area contributed by atoms with E-state index in [9.17, 15) is 30.7 Å². The minimum atomic E-state index is -5.32. The van der Waals surface area contributed by atoms with Gasteiger partial charge in [-0.15, -0.1) is 0 Å². The van der Waals surface area contributed by atoms with Gasteiger partial charge in [-0.25, -0.2) is 22.0 Å². The van der Waals surface area contributed by atoms with E-state index in [1.165, 1.54) is 6.07 Å². The van der Waals surface area contributed by atoms with Crippen molar-refractivity contribution >= 4 is 10.8 Å². The lowest BCUT2D eigenvalue weighted by atomic mass is 9.95. The molecule has 4 aromatic rings. The van der Waals surface area contributed by atoms with Crippen LogP contribution in [-0.2, 0) is 12.6 Å². The molecule has 4 rings (SSSR count). The first kappa shape index (κ1) is 23.7. The van der Waals surface area contributed by atoms with E-state index in [-0.39, 0.29) is 28.6 Å². The van der Waals surface area contributed by atoms with Crippen LogP contribution in [-0.4, -0.2) is 0 Å². The zero-order chi connectivity index (χ0) is 24.8. The molecule has 0 bridgehead atoms. The molecule has 0 spiro atoms. The SMILES string of the molecule is CCCc1ccc2c(F)c(-c3cc(F)c(-c4cc(F)c(C(F)(F)F)c(F)c4)c(F)c3)ccc2c1. The topological polar surface area (TPSA) is 0 Å². The van der Waals surface area contributed by atoms with Gasteiger partial charge < -0.3 is 0 Å². The van der Waals surface area contributed by atoms with E-state index in [4.69, 9.17) is 0 Å². The van der Waals surface area contributed by atoms with Crippen LogP contribution in [0.3, 0.4) is 0 Å². The molecule has 0 heterocycles. The highest BCUT2D eigenvalue weighted by Crippen LogP contribution is 2.38. The van der Waals surface area contributed by atoms with E-state index in [1.807, 2.05) is 13.0 Å². The summed E-state index contributed by atoms with van der Waals surface area (Å²) in [5.74, 6) is -7.35. The van der Waals surface area contributed by atoms with Crippen molar-refractivity contribution in [2.24, 2.45) is 0 Å². The lowest BCUT2D eigenvalue weighted by Crippen LogP contribution is -2.11. The fourth-order valence-electron chi connectivity index (χ4n) is 4.00. The fourth-order valence-corrected chi connectivity index (χ4v) is 4.00. The van der Waals surface area contributed by atoms with Gasteiger partial charge in [0.15, 0.2) is 0 Å². The number of rotatable bonds is 4. The van der Waals surface area contributed by atoms with Gasteiger partial charge in [-0.1, -0.05) is 43.7 Å². The van der Waals surface area contributed by atoms with Gasteiger partial charge in [0.25, 0.3) is 0 Å². The quantitative estimate of drug-likeness (QED) is 0.256. The summed E-state index contributed by atoms with van der Waals surface area (Å²) in [6.45, 7) is 2.01. The first-order chi connectivity index (χ1) is 16.0. The van der Waals surface area contributed by atoms with Gasteiger partial charge in [0.2, 0.25) is 0 Å². The monoisotopic (exact) mass is 480 g/mol. The Bertz CT molecular complexity index is 1360. The zero-order valence-corrected chi connectivity index (χ0v) is 17.6. The summed E-state index contributed by atoms with van der Waals surface area (Å²) in [5.41, 5.74) is -3.12. The summed E-state index contributed by atoms with van der Waals surface area (Å²) >= 11 is 0. The average molecular weight is 480 g/mol. The van der Waals surface area contributed by atoms with Crippen molar-refractivity contribution in [3.8, 4) is 22.3 Å². The Hall–Kier alpha value is -3.42. The molecule has 0 atom stereocenters. The van der Waals surface area contributed by atoms with Gasteiger partial charge in [-0.05, 0) is 52.8 Å². The molecule has 0 unspecified atom stereocenters. The fraction of sp³-hybridized carbons (Fsp3) is 0.154. The van der Waals surface area contributed by atoms with Crippen molar-refractivity contribution in [1.29, 1.82) is 0 Å². The van der Waals surface area contributed by atoms with Crippen molar-refractivity contribution in [2.75, 3.05) is 0 Å². The Morgan fingerprint density at radius 1 is 0.676 bits per heavy atom. The average Bonchev–Trinajstić information content (AvgIpc) is 2.72. The molecule has 4 aromatic carbocycles. The van der Waals surface area contributed by atoms with Crippen LogP contribution in [0, 0.1) is 29.1 Å². The molecule has 0 amide bonds. The van der Waals surface area contributed by atoms with Crippen LogP contribution < -0.4 is 0 Å². The highest BCUT2D eigenvalue weighted by atomic mass is 19.4. The van der Waals surface area contributed by atoms with Gasteiger partial charge in [-0.2, -0.15) is 13.2 Å². The molecule has 0 N–H and O–H groups in total. The molecule has 0 aliphatic heterocycles. The molecule has 0 radical (unpaired) electrons. The highest BCUT2D eigenvalue weighted by Gasteiger charge is 2.38. The molecular formula is C26H16F8. The van der Waals surface area contributed by atoms with Crippen LogP contribution in [0.5, 0.6) is 0 Å². The first-order valence-corrected chi connectivity index (χ1v) is 10.3. The zero-order valence-electron chi connectivity index (χ0n) is 17.6. The smallest absolute Gasteiger partial charge is 0.206 e. The molecule has 0 aliphatic rings. The number of hydrogen-bond donors (Lipinski definition) is 0. The second-order valence-electron chi connectivity index (χ2n) is 7.86. The van der Waals surface area contributed by atoms with Gasteiger partial charge in [0, 0.05) is 10.9 Å². The van der Waals surface area contributed by atoms with Crippen LogP contribution in [0.4, 0.5) is 35.1 Å². The normalized spacial score (nSPS) is 11.9. The van der Waals surface area contributed by atoms with E-state index in [2.05, 4.69) is 0 Å². The Kier molecular flexibility index (Phi) is 6.10. The third-order valence-corrected chi connectivity index (χ3v) is 5.52. The van der Waals surface area contributed by atoms with Crippen molar-refractivity contribution in [3.05, 3.63) is 94.8 Å². The number of hydrogen-bond acceptors (Lipinski definition) is 0. The third-order valence-electron chi connectivity index (χ3n) is 5.52. The Morgan fingerprint density at radius 3 is 1.82 bits per heavy atom. The van der Waals surface area contributed by atoms with Crippen LogP contribution in [0.1, 0.15) is 24.5 Å². The number of aryl methyl sites for hydroxylation is 1. The van der Waals surface area contributed by atoms with E-state index >= 15 is 4.39 Å². The van der Waals surface area contributed by atoms with Crippen LogP contribution in [0.2, 0.25) is 0 Å². The largest absolute Gasteiger partial charge is 0.422 e. The summed E-state index contributed by atoms with van der Waals surface area (Å²) < 4.78 is 111. The number of benzene rings is 4. The van der Waals surface area contributed by atoms with E-state index < -0.39 is 52.0 Å². The van der Waals surface area contributed by atoms with E-state index in [0.717, 1.165) is 30.5 Å². The summed E-state index contributed by atoms with van der Waals surface area (Å²) in [6.07, 6.45) is -3.61. The Labute approximate surface area is 189 Å². The van der Waals surface area contributed by atoms with Crippen molar-refractivity contribution < 1.29 is 35.1 Å². The third kappa shape index (κ3) is 4.24. The first-order valence-electron chi connectivity index (χ1n) is 10.3. The Morgan fingerprint density at radius 2 is 1.26 bits per heavy atom. The maximum Gasteiger partial charge on any atom is 0.422 e. The predicted molar refractivity (Wildman–Crippen MR) is 114 cm³/mol. The minimum Gasteiger partial charge on any atom is -0.206 e. The van der Waals surface area contributed by atoms with Crippen LogP contribution >= 0.6 is 0 Å².